The first kappa shape index (κ1) is 28.6. The van der Waals surface area contributed by atoms with E-state index in [1.165, 1.54) is 0 Å². The molecule has 1 N–H and O–H groups in total. The molecule has 4 aromatic rings. The summed E-state index contributed by atoms with van der Waals surface area (Å²) in [7, 11) is 1.55. The predicted molar refractivity (Wildman–Crippen MR) is 156 cm³/mol. The first-order valence-corrected chi connectivity index (χ1v) is 13.6. The Hall–Kier alpha value is -4.40. The molecule has 2 amide bonds. The highest BCUT2D eigenvalue weighted by atomic mass is 16.5. The number of fused-ring (bicyclic) bond motifs is 1. The zero-order valence-electron chi connectivity index (χ0n) is 23.8. The van der Waals surface area contributed by atoms with E-state index in [0.717, 1.165) is 17.5 Å². The fourth-order valence-electron chi connectivity index (χ4n) is 4.62. The SMILES string of the molecule is CCOc1ccc([C@@H](C(=O)NCCC(C)C)N(C(=O)Cn2nnc3ccccc32)c2ccccc2C)cc1OC. The number of nitrogens with one attached hydrogen (secondary N) is 1. The number of nitrogens with zero attached hydrogens (tertiary/aromatic N) is 4. The Morgan fingerprint density at radius 3 is 2.50 bits per heavy atom. The molecule has 4 rings (SSSR count). The van der Waals surface area contributed by atoms with Crippen molar-refractivity contribution in [2.24, 2.45) is 5.92 Å². The molecule has 0 saturated heterocycles. The minimum absolute atomic E-state index is 0.0984. The third kappa shape index (κ3) is 6.42. The van der Waals surface area contributed by atoms with E-state index in [0.29, 0.717) is 47.3 Å². The molecule has 1 aromatic heterocycles. The highest BCUT2D eigenvalue weighted by Gasteiger charge is 2.34. The van der Waals surface area contributed by atoms with Crippen molar-refractivity contribution in [2.75, 3.05) is 25.2 Å². The predicted octanol–water partition coefficient (Wildman–Crippen LogP) is 5.08. The summed E-state index contributed by atoms with van der Waals surface area (Å²) in [5, 5.41) is 11.5. The summed E-state index contributed by atoms with van der Waals surface area (Å²) < 4.78 is 12.9. The standard InChI is InChI=1S/C31H37N5O4/c1-6-40-27-16-15-23(19-28(27)39-5)30(31(38)32-18-17-21(2)3)36(25-13-9-7-11-22(25)4)29(37)20-35-26-14-10-8-12-24(26)33-34-35/h7-16,19,21,30H,6,17-18,20H2,1-5H3,(H,32,38)/t30-/m0/s1. The average molecular weight is 544 g/mol. The first-order valence-electron chi connectivity index (χ1n) is 13.6. The highest BCUT2D eigenvalue weighted by Crippen LogP contribution is 2.36. The number of ether oxygens (including phenoxy) is 2. The molecule has 3 aromatic carbocycles. The van der Waals surface area contributed by atoms with Crippen LogP contribution in [0.4, 0.5) is 5.69 Å². The largest absolute Gasteiger partial charge is 0.493 e. The van der Waals surface area contributed by atoms with E-state index in [9.17, 15) is 9.59 Å². The maximum absolute atomic E-state index is 14.2. The van der Waals surface area contributed by atoms with Crippen LogP contribution in [-0.4, -0.2) is 47.1 Å². The lowest BCUT2D eigenvalue weighted by atomic mass is 10.0. The van der Waals surface area contributed by atoms with Crippen molar-refractivity contribution in [1.82, 2.24) is 20.3 Å². The average Bonchev–Trinajstić information content (AvgIpc) is 3.35. The van der Waals surface area contributed by atoms with Crippen molar-refractivity contribution >= 4 is 28.5 Å². The van der Waals surface area contributed by atoms with E-state index >= 15 is 0 Å². The molecule has 1 atom stereocenters. The van der Waals surface area contributed by atoms with Crippen LogP contribution in [0.5, 0.6) is 11.5 Å². The highest BCUT2D eigenvalue weighted by molar-refractivity contribution is 6.02. The smallest absolute Gasteiger partial charge is 0.249 e. The zero-order valence-corrected chi connectivity index (χ0v) is 23.8. The molecule has 1 heterocycles. The van der Waals surface area contributed by atoms with Crippen LogP contribution in [0.3, 0.4) is 0 Å². The van der Waals surface area contributed by atoms with Gasteiger partial charge in [-0.05, 0) is 67.6 Å². The van der Waals surface area contributed by atoms with Crippen LogP contribution in [0.1, 0.15) is 44.4 Å². The Morgan fingerprint density at radius 1 is 1.02 bits per heavy atom. The Kier molecular flexibility index (Phi) is 9.37. The molecule has 9 heteroatoms. The van der Waals surface area contributed by atoms with Gasteiger partial charge in [-0.1, -0.05) is 55.5 Å². The van der Waals surface area contributed by atoms with Gasteiger partial charge in [0, 0.05) is 12.2 Å². The van der Waals surface area contributed by atoms with E-state index in [4.69, 9.17) is 9.47 Å². The summed E-state index contributed by atoms with van der Waals surface area (Å²) >= 11 is 0. The van der Waals surface area contributed by atoms with Gasteiger partial charge >= 0.3 is 0 Å². The molecule has 0 radical (unpaired) electrons. The van der Waals surface area contributed by atoms with E-state index in [2.05, 4.69) is 29.5 Å². The molecular formula is C31H37N5O4. The summed E-state index contributed by atoms with van der Waals surface area (Å²) in [4.78, 5) is 29.8. The lowest BCUT2D eigenvalue weighted by Crippen LogP contribution is -2.46. The number of para-hydroxylation sites is 2. The Balaban J connectivity index is 1.82. The molecule has 9 nitrogen and oxygen atoms in total. The molecule has 0 spiro atoms. The van der Waals surface area contributed by atoms with Crippen molar-refractivity contribution < 1.29 is 19.1 Å². The summed E-state index contributed by atoms with van der Waals surface area (Å²) in [6, 6.07) is 19.4. The van der Waals surface area contributed by atoms with Crippen LogP contribution in [0.2, 0.25) is 0 Å². The quantitative estimate of drug-likeness (QED) is 0.268. The van der Waals surface area contributed by atoms with Crippen molar-refractivity contribution in [3.8, 4) is 11.5 Å². The summed E-state index contributed by atoms with van der Waals surface area (Å²) in [6.07, 6.45) is 0.814. The summed E-state index contributed by atoms with van der Waals surface area (Å²) in [5.74, 6) is 0.877. The Labute approximate surface area is 235 Å². The molecule has 0 unspecified atom stereocenters. The van der Waals surface area contributed by atoms with Crippen LogP contribution < -0.4 is 19.7 Å². The second-order valence-electron chi connectivity index (χ2n) is 10.0. The molecule has 0 aliphatic rings. The molecule has 0 saturated carbocycles. The number of hydrogen-bond acceptors (Lipinski definition) is 6. The number of aryl methyl sites for hydroxylation is 1. The molecule has 0 bridgehead atoms. The van der Waals surface area contributed by atoms with Crippen LogP contribution >= 0.6 is 0 Å². The van der Waals surface area contributed by atoms with Gasteiger partial charge in [0.05, 0.1) is 19.2 Å². The fourth-order valence-corrected chi connectivity index (χ4v) is 4.62. The molecule has 210 valence electrons. The number of rotatable bonds is 12. The topological polar surface area (TPSA) is 98.6 Å². The van der Waals surface area contributed by atoms with Crippen molar-refractivity contribution in [2.45, 2.75) is 46.7 Å². The van der Waals surface area contributed by atoms with Crippen molar-refractivity contribution in [3.05, 3.63) is 77.9 Å². The minimum Gasteiger partial charge on any atom is -0.493 e. The van der Waals surface area contributed by atoms with Gasteiger partial charge < -0.3 is 14.8 Å². The van der Waals surface area contributed by atoms with E-state index in [1.807, 2.05) is 68.4 Å². The summed E-state index contributed by atoms with van der Waals surface area (Å²) in [6.45, 7) is 8.88. The third-order valence-electron chi connectivity index (χ3n) is 6.68. The molecule has 0 aliphatic carbocycles. The summed E-state index contributed by atoms with van der Waals surface area (Å²) in [5.41, 5.74) is 3.52. The van der Waals surface area contributed by atoms with Crippen LogP contribution in [0.15, 0.2) is 66.7 Å². The maximum atomic E-state index is 14.2. The number of carbonyl (C=O) groups is 2. The van der Waals surface area contributed by atoms with Gasteiger partial charge in [0.1, 0.15) is 18.1 Å². The van der Waals surface area contributed by atoms with Gasteiger partial charge in [-0.15, -0.1) is 5.10 Å². The number of amides is 2. The number of hydrogen-bond donors (Lipinski definition) is 1. The minimum atomic E-state index is -0.972. The van der Waals surface area contributed by atoms with Gasteiger partial charge in [0.2, 0.25) is 11.8 Å². The van der Waals surface area contributed by atoms with Crippen LogP contribution in [-0.2, 0) is 16.1 Å². The molecule has 0 aliphatic heterocycles. The lowest BCUT2D eigenvalue weighted by Gasteiger charge is -2.33. The van der Waals surface area contributed by atoms with E-state index < -0.39 is 6.04 Å². The van der Waals surface area contributed by atoms with E-state index in [1.54, 1.807) is 28.8 Å². The van der Waals surface area contributed by atoms with Gasteiger partial charge in [-0.2, -0.15) is 0 Å². The number of methoxy groups -OCH3 is 1. The first-order chi connectivity index (χ1) is 19.3. The second-order valence-corrected chi connectivity index (χ2v) is 10.0. The molecule has 0 fully saturated rings. The lowest BCUT2D eigenvalue weighted by molar-refractivity contribution is -0.127. The molecule has 40 heavy (non-hydrogen) atoms. The fraction of sp³-hybridized carbons (Fsp3) is 0.355. The van der Waals surface area contributed by atoms with Gasteiger partial charge in [-0.25, -0.2) is 4.68 Å². The monoisotopic (exact) mass is 543 g/mol. The number of carbonyl (C=O) groups excluding carboxylic acids is 2. The molecular weight excluding hydrogens is 506 g/mol. The van der Waals surface area contributed by atoms with Crippen molar-refractivity contribution in [3.63, 3.8) is 0 Å². The maximum Gasteiger partial charge on any atom is 0.249 e. The van der Waals surface area contributed by atoms with E-state index in [-0.39, 0.29) is 18.4 Å². The van der Waals surface area contributed by atoms with Crippen LogP contribution in [0, 0.1) is 12.8 Å². The Bertz CT molecular complexity index is 1470. The Morgan fingerprint density at radius 2 is 1.77 bits per heavy atom. The number of benzene rings is 3. The zero-order chi connectivity index (χ0) is 28.6. The third-order valence-corrected chi connectivity index (χ3v) is 6.68. The van der Waals surface area contributed by atoms with Gasteiger partial charge in [-0.3, -0.25) is 14.5 Å². The van der Waals surface area contributed by atoms with Gasteiger partial charge in [0.25, 0.3) is 0 Å². The number of aromatic nitrogens is 3. The van der Waals surface area contributed by atoms with Crippen LogP contribution in [0.25, 0.3) is 11.0 Å². The van der Waals surface area contributed by atoms with Gasteiger partial charge in [0.15, 0.2) is 11.5 Å². The normalized spacial score (nSPS) is 11.8. The van der Waals surface area contributed by atoms with Crippen molar-refractivity contribution in [1.29, 1.82) is 0 Å². The second kappa shape index (κ2) is 13.1. The number of anilines is 1.